The lowest BCUT2D eigenvalue weighted by atomic mass is 10.1. The fourth-order valence-electron chi connectivity index (χ4n) is 2.11. The van der Waals surface area contributed by atoms with Crippen LogP contribution in [0.5, 0.6) is 11.5 Å². The van der Waals surface area contributed by atoms with Gasteiger partial charge >= 0.3 is 5.97 Å². The Labute approximate surface area is 134 Å². The third-order valence-electron chi connectivity index (χ3n) is 3.36. The van der Waals surface area contributed by atoms with Gasteiger partial charge in [-0.25, -0.2) is 0 Å². The summed E-state index contributed by atoms with van der Waals surface area (Å²) in [5, 5.41) is 30.7. The summed E-state index contributed by atoms with van der Waals surface area (Å²) >= 11 is 0. The van der Waals surface area contributed by atoms with Crippen LogP contribution in [0.25, 0.3) is 6.08 Å². The highest BCUT2D eigenvalue weighted by molar-refractivity contribution is 5.74. The van der Waals surface area contributed by atoms with E-state index in [-0.39, 0.29) is 11.5 Å². The number of aromatic hydroxyl groups is 2. The lowest BCUT2D eigenvalue weighted by molar-refractivity contribution is -0.139. The van der Waals surface area contributed by atoms with E-state index in [9.17, 15) is 20.1 Å². The van der Waals surface area contributed by atoms with E-state index in [2.05, 4.69) is 5.32 Å². The predicted molar refractivity (Wildman–Crippen MR) is 88.4 cm³/mol. The molecule has 5 nitrogen and oxygen atoms in total. The summed E-state index contributed by atoms with van der Waals surface area (Å²) in [7, 11) is 0. The molecule has 120 valence electrons. The number of carbonyl (C=O) groups is 1. The van der Waals surface area contributed by atoms with Crippen LogP contribution < -0.4 is 5.32 Å². The summed E-state index contributed by atoms with van der Waals surface area (Å²) in [6, 6.07) is 12.5. The topological polar surface area (TPSA) is 89.8 Å². The molecule has 2 aromatic carbocycles. The highest BCUT2D eigenvalue weighted by atomic mass is 16.4. The fourth-order valence-corrected chi connectivity index (χ4v) is 2.11. The molecule has 0 fully saturated rings. The van der Waals surface area contributed by atoms with E-state index >= 15 is 0 Å². The Morgan fingerprint density at radius 3 is 2.13 bits per heavy atom. The Bertz CT molecular complexity index is 662. The number of aliphatic carboxylic acids is 1. The molecule has 23 heavy (non-hydrogen) atoms. The van der Waals surface area contributed by atoms with Gasteiger partial charge < -0.3 is 20.6 Å². The number of hydrogen-bond donors (Lipinski definition) is 4. The molecule has 2 rings (SSSR count). The largest absolute Gasteiger partial charge is 0.508 e. The van der Waals surface area contributed by atoms with E-state index < -0.39 is 12.0 Å². The van der Waals surface area contributed by atoms with Crippen LogP contribution in [-0.4, -0.2) is 33.9 Å². The Balaban J connectivity index is 1.88. The number of carboxylic acid groups (broad SMARTS) is 1. The van der Waals surface area contributed by atoms with Crippen molar-refractivity contribution in [1.29, 1.82) is 0 Å². The number of nitrogens with one attached hydrogen (secondary N) is 1. The van der Waals surface area contributed by atoms with E-state index in [1.165, 1.54) is 0 Å². The molecule has 0 aliphatic carbocycles. The number of benzene rings is 2. The van der Waals surface area contributed by atoms with Crippen molar-refractivity contribution < 1.29 is 20.1 Å². The van der Waals surface area contributed by atoms with Gasteiger partial charge in [0.1, 0.15) is 17.5 Å². The minimum atomic E-state index is -0.920. The molecule has 5 heteroatoms. The molecule has 0 aromatic heterocycles. The summed E-state index contributed by atoms with van der Waals surface area (Å²) in [5.74, 6) is -0.554. The second kappa shape index (κ2) is 8.00. The fraction of sp³-hybridized carbons (Fsp3) is 0.167. The highest BCUT2D eigenvalue weighted by Crippen LogP contribution is 2.12. The number of phenols is 2. The van der Waals surface area contributed by atoms with Crippen LogP contribution in [0.1, 0.15) is 11.1 Å². The van der Waals surface area contributed by atoms with Crippen LogP contribution in [-0.2, 0) is 11.2 Å². The second-order valence-corrected chi connectivity index (χ2v) is 5.16. The zero-order valence-electron chi connectivity index (χ0n) is 12.5. The van der Waals surface area contributed by atoms with Crippen molar-refractivity contribution in [2.45, 2.75) is 12.5 Å². The molecular formula is C18H19NO4. The maximum atomic E-state index is 11.3. The van der Waals surface area contributed by atoms with Gasteiger partial charge in [0.15, 0.2) is 0 Å². The summed E-state index contributed by atoms with van der Waals surface area (Å²) in [5.41, 5.74) is 1.76. The van der Waals surface area contributed by atoms with Gasteiger partial charge in [0.05, 0.1) is 0 Å². The Kier molecular flexibility index (Phi) is 5.77. The number of phenolic OH excluding ortho intramolecular Hbond substituents is 2. The first-order valence-electron chi connectivity index (χ1n) is 7.24. The Hall–Kier alpha value is -2.79. The quantitative estimate of drug-likeness (QED) is 0.630. The van der Waals surface area contributed by atoms with Gasteiger partial charge in [-0.3, -0.25) is 4.79 Å². The lowest BCUT2D eigenvalue weighted by Crippen LogP contribution is -2.38. The van der Waals surface area contributed by atoms with Crippen LogP contribution in [0, 0.1) is 0 Å². The summed E-state index contributed by atoms with van der Waals surface area (Å²) in [6.45, 7) is 0.413. The highest BCUT2D eigenvalue weighted by Gasteiger charge is 2.16. The first-order chi connectivity index (χ1) is 11.0. The van der Waals surface area contributed by atoms with Crippen molar-refractivity contribution in [3.8, 4) is 11.5 Å². The van der Waals surface area contributed by atoms with Gasteiger partial charge in [-0.15, -0.1) is 0 Å². The molecule has 0 spiro atoms. The number of carboxylic acids is 1. The maximum absolute atomic E-state index is 11.3. The molecule has 0 aliphatic heterocycles. The van der Waals surface area contributed by atoms with Crippen molar-refractivity contribution in [3.63, 3.8) is 0 Å². The average Bonchev–Trinajstić information content (AvgIpc) is 2.53. The molecule has 0 saturated heterocycles. The van der Waals surface area contributed by atoms with Gasteiger partial charge in [-0.2, -0.15) is 0 Å². The average molecular weight is 313 g/mol. The number of rotatable bonds is 7. The smallest absolute Gasteiger partial charge is 0.321 e. The minimum Gasteiger partial charge on any atom is -0.508 e. The van der Waals surface area contributed by atoms with Crippen LogP contribution >= 0.6 is 0 Å². The van der Waals surface area contributed by atoms with Crippen molar-refractivity contribution in [2.75, 3.05) is 6.54 Å². The van der Waals surface area contributed by atoms with Gasteiger partial charge in [-0.05, 0) is 41.8 Å². The van der Waals surface area contributed by atoms with E-state index in [4.69, 9.17) is 0 Å². The molecule has 0 aliphatic rings. The lowest BCUT2D eigenvalue weighted by Gasteiger charge is -2.13. The molecule has 2 aromatic rings. The SMILES string of the molecule is O=C(O)[C@H](Cc1ccc(O)cc1)NC/C=C/c1ccc(O)cc1. The third kappa shape index (κ3) is 5.48. The summed E-state index contributed by atoms with van der Waals surface area (Å²) in [6.07, 6.45) is 4.02. The van der Waals surface area contributed by atoms with Crippen LogP contribution in [0.2, 0.25) is 0 Å². The van der Waals surface area contributed by atoms with Gasteiger partial charge in [-0.1, -0.05) is 36.4 Å². The van der Waals surface area contributed by atoms with E-state index in [0.29, 0.717) is 13.0 Å². The van der Waals surface area contributed by atoms with Crippen molar-refractivity contribution in [1.82, 2.24) is 5.32 Å². The standard InChI is InChI=1S/C18H19NO4/c20-15-7-3-13(4-8-15)2-1-11-19-17(18(22)23)12-14-5-9-16(21)10-6-14/h1-10,17,19-21H,11-12H2,(H,22,23)/b2-1+/t17-/m0/s1. The molecule has 0 heterocycles. The molecule has 0 radical (unpaired) electrons. The molecule has 1 atom stereocenters. The van der Waals surface area contributed by atoms with Gasteiger partial charge in [0.25, 0.3) is 0 Å². The third-order valence-corrected chi connectivity index (χ3v) is 3.36. The Morgan fingerprint density at radius 1 is 1.00 bits per heavy atom. The van der Waals surface area contributed by atoms with E-state index in [1.54, 1.807) is 48.5 Å². The van der Waals surface area contributed by atoms with Crippen molar-refractivity contribution >= 4 is 12.0 Å². The molecule has 0 saturated carbocycles. The molecule has 0 unspecified atom stereocenters. The van der Waals surface area contributed by atoms with Gasteiger partial charge in [0.2, 0.25) is 0 Å². The minimum absolute atomic E-state index is 0.158. The van der Waals surface area contributed by atoms with Crippen LogP contribution in [0.15, 0.2) is 54.6 Å². The first kappa shape index (κ1) is 16.6. The summed E-state index contributed by atoms with van der Waals surface area (Å²) in [4.78, 5) is 11.3. The maximum Gasteiger partial charge on any atom is 0.321 e. The monoisotopic (exact) mass is 313 g/mol. The zero-order valence-corrected chi connectivity index (χ0v) is 12.5. The molecule has 4 N–H and O–H groups in total. The van der Waals surface area contributed by atoms with Gasteiger partial charge in [0, 0.05) is 6.54 Å². The predicted octanol–water partition coefficient (Wildman–Crippen LogP) is 2.40. The first-order valence-corrected chi connectivity index (χ1v) is 7.24. The molecule has 0 bridgehead atoms. The van der Waals surface area contributed by atoms with E-state index in [0.717, 1.165) is 11.1 Å². The van der Waals surface area contributed by atoms with Crippen LogP contribution in [0.4, 0.5) is 0 Å². The van der Waals surface area contributed by atoms with Crippen LogP contribution in [0.3, 0.4) is 0 Å². The summed E-state index contributed by atoms with van der Waals surface area (Å²) < 4.78 is 0. The number of hydrogen-bond acceptors (Lipinski definition) is 4. The molecule has 0 amide bonds. The zero-order chi connectivity index (χ0) is 16.7. The normalized spacial score (nSPS) is 12.3. The Morgan fingerprint density at radius 2 is 1.57 bits per heavy atom. The molecular weight excluding hydrogens is 294 g/mol. The van der Waals surface area contributed by atoms with E-state index in [1.807, 2.05) is 12.2 Å². The second-order valence-electron chi connectivity index (χ2n) is 5.16. The van der Waals surface area contributed by atoms with Crippen molar-refractivity contribution in [3.05, 3.63) is 65.7 Å². The van der Waals surface area contributed by atoms with Crippen molar-refractivity contribution in [2.24, 2.45) is 0 Å².